The van der Waals surface area contributed by atoms with Crippen LogP contribution in [0.5, 0.6) is 0 Å². The van der Waals surface area contributed by atoms with Crippen molar-refractivity contribution >= 4 is 39.0 Å². The number of fused-ring (bicyclic) bond motifs is 1. The van der Waals surface area contributed by atoms with Crippen molar-refractivity contribution in [2.75, 3.05) is 17.8 Å². The highest BCUT2D eigenvalue weighted by Crippen LogP contribution is 2.30. The van der Waals surface area contributed by atoms with Gasteiger partial charge in [0, 0.05) is 19.0 Å². The highest BCUT2D eigenvalue weighted by Gasteiger charge is 2.15. The molecule has 0 aromatic carbocycles. The summed E-state index contributed by atoms with van der Waals surface area (Å²) < 4.78 is 1.14. The van der Waals surface area contributed by atoms with Gasteiger partial charge in [-0.1, -0.05) is 0 Å². The highest BCUT2D eigenvalue weighted by atomic mass is 35.5. The first-order chi connectivity index (χ1) is 7.65. The molecule has 0 amide bonds. The van der Waals surface area contributed by atoms with Crippen molar-refractivity contribution in [2.24, 2.45) is 0 Å². The van der Waals surface area contributed by atoms with E-state index in [1.165, 1.54) is 5.56 Å². The van der Waals surface area contributed by atoms with E-state index in [-0.39, 0.29) is 6.04 Å². The maximum atomic E-state index is 5.87. The van der Waals surface area contributed by atoms with Gasteiger partial charge >= 0.3 is 0 Å². The fourth-order valence-corrected chi connectivity index (χ4v) is 2.76. The number of rotatable bonds is 3. The van der Waals surface area contributed by atoms with E-state index in [1.807, 2.05) is 7.05 Å². The number of halogens is 1. The van der Waals surface area contributed by atoms with Crippen LogP contribution in [0.1, 0.15) is 12.5 Å². The van der Waals surface area contributed by atoms with Gasteiger partial charge in [-0.2, -0.15) is 0 Å². The van der Waals surface area contributed by atoms with E-state index in [0.29, 0.717) is 5.88 Å². The lowest BCUT2D eigenvalue weighted by Gasteiger charge is -2.24. The Bertz CT molecular complexity index is 497. The minimum Gasteiger partial charge on any atom is -0.354 e. The first kappa shape index (κ1) is 11.6. The third kappa shape index (κ3) is 1.87. The molecule has 1 unspecified atom stereocenters. The van der Waals surface area contributed by atoms with E-state index in [0.717, 1.165) is 16.0 Å². The fraction of sp³-hybridized carbons (Fsp3) is 0.455. The summed E-state index contributed by atoms with van der Waals surface area (Å²) in [5.74, 6) is 1.56. The standard InChI is InChI=1S/C11H14ClN3S/c1-7-5-16-10-9(7)13-6-14-11(10)15(3)8(2)4-12/h5-6,8H,4H2,1-3H3. The summed E-state index contributed by atoms with van der Waals surface area (Å²) in [4.78, 5) is 10.8. The second-order valence-electron chi connectivity index (χ2n) is 3.91. The number of anilines is 1. The summed E-state index contributed by atoms with van der Waals surface area (Å²) in [6, 6.07) is 0.266. The van der Waals surface area contributed by atoms with Crippen molar-refractivity contribution in [3.8, 4) is 0 Å². The van der Waals surface area contributed by atoms with Crippen LogP contribution < -0.4 is 4.90 Å². The molecule has 0 saturated heterocycles. The molecule has 0 aliphatic heterocycles. The molecule has 3 nitrogen and oxygen atoms in total. The van der Waals surface area contributed by atoms with E-state index < -0.39 is 0 Å². The van der Waals surface area contributed by atoms with Gasteiger partial charge in [-0.15, -0.1) is 22.9 Å². The Kier molecular flexibility index (Phi) is 3.30. The Hall–Kier alpha value is -0.870. The maximum absolute atomic E-state index is 5.87. The van der Waals surface area contributed by atoms with Crippen molar-refractivity contribution in [3.63, 3.8) is 0 Å². The Morgan fingerprint density at radius 1 is 1.50 bits per heavy atom. The van der Waals surface area contributed by atoms with E-state index in [2.05, 4.69) is 34.1 Å². The van der Waals surface area contributed by atoms with Crippen LogP contribution in [0.3, 0.4) is 0 Å². The molecule has 2 aromatic rings. The zero-order valence-corrected chi connectivity index (χ0v) is 11.1. The molecule has 2 aromatic heterocycles. The summed E-state index contributed by atoms with van der Waals surface area (Å²) in [7, 11) is 2.02. The SMILES string of the molecule is Cc1csc2c(N(C)C(C)CCl)ncnc12. The van der Waals surface area contributed by atoms with Gasteiger partial charge in [-0.25, -0.2) is 9.97 Å². The molecule has 86 valence electrons. The lowest BCUT2D eigenvalue weighted by molar-refractivity contribution is 0.752. The summed E-state index contributed by atoms with van der Waals surface area (Å²) in [5, 5.41) is 2.11. The minimum atomic E-state index is 0.266. The number of aromatic nitrogens is 2. The van der Waals surface area contributed by atoms with Gasteiger partial charge in [0.25, 0.3) is 0 Å². The lowest BCUT2D eigenvalue weighted by Crippen LogP contribution is -2.30. The Labute approximate surface area is 104 Å². The summed E-state index contributed by atoms with van der Waals surface area (Å²) in [6.45, 7) is 4.15. The third-order valence-electron chi connectivity index (χ3n) is 2.73. The average Bonchev–Trinajstić information content (AvgIpc) is 2.69. The molecule has 0 N–H and O–H groups in total. The average molecular weight is 256 g/mol. The zero-order chi connectivity index (χ0) is 11.7. The normalized spacial score (nSPS) is 13.0. The van der Waals surface area contributed by atoms with Crippen LogP contribution in [0.25, 0.3) is 10.2 Å². The van der Waals surface area contributed by atoms with Gasteiger partial charge in [-0.3, -0.25) is 0 Å². The summed E-state index contributed by atoms with van der Waals surface area (Å²) in [6.07, 6.45) is 1.62. The van der Waals surface area contributed by atoms with Gasteiger partial charge in [0.1, 0.15) is 12.1 Å². The second kappa shape index (κ2) is 4.55. The lowest BCUT2D eigenvalue weighted by atomic mass is 10.3. The molecule has 2 rings (SSSR count). The Balaban J connectivity index is 2.52. The number of hydrogen-bond donors (Lipinski definition) is 0. The molecule has 0 fully saturated rings. The predicted molar refractivity (Wildman–Crippen MR) is 70.7 cm³/mol. The second-order valence-corrected chi connectivity index (χ2v) is 5.10. The van der Waals surface area contributed by atoms with Gasteiger partial charge in [-0.05, 0) is 24.8 Å². The van der Waals surface area contributed by atoms with Gasteiger partial charge in [0.2, 0.25) is 0 Å². The number of aryl methyl sites for hydroxylation is 1. The summed E-state index contributed by atoms with van der Waals surface area (Å²) in [5.41, 5.74) is 2.25. The first-order valence-electron chi connectivity index (χ1n) is 5.12. The zero-order valence-electron chi connectivity index (χ0n) is 9.57. The van der Waals surface area contributed by atoms with Crippen molar-refractivity contribution in [2.45, 2.75) is 19.9 Å². The van der Waals surface area contributed by atoms with Crippen molar-refractivity contribution < 1.29 is 0 Å². The molecule has 5 heteroatoms. The summed E-state index contributed by atoms with van der Waals surface area (Å²) >= 11 is 7.56. The number of hydrogen-bond acceptors (Lipinski definition) is 4. The molecule has 0 bridgehead atoms. The molecule has 0 aliphatic rings. The van der Waals surface area contributed by atoms with Gasteiger partial charge in [0.15, 0.2) is 0 Å². The molecule has 1 atom stereocenters. The van der Waals surface area contributed by atoms with Crippen LogP contribution in [0.4, 0.5) is 5.82 Å². The molecular formula is C11H14ClN3S. The molecule has 0 aliphatic carbocycles. The van der Waals surface area contributed by atoms with Crippen LogP contribution in [0.15, 0.2) is 11.7 Å². The van der Waals surface area contributed by atoms with Crippen LogP contribution in [-0.4, -0.2) is 28.9 Å². The maximum Gasteiger partial charge on any atom is 0.150 e. The van der Waals surface area contributed by atoms with E-state index in [4.69, 9.17) is 11.6 Å². The fourth-order valence-electron chi connectivity index (χ4n) is 1.52. The smallest absolute Gasteiger partial charge is 0.150 e. The molecule has 16 heavy (non-hydrogen) atoms. The van der Waals surface area contributed by atoms with Crippen LogP contribution in [-0.2, 0) is 0 Å². The van der Waals surface area contributed by atoms with Gasteiger partial charge < -0.3 is 4.90 Å². The monoisotopic (exact) mass is 255 g/mol. The van der Waals surface area contributed by atoms with Crippen molar-refractivity contribution in [1.29, 1.82) is 0 Å². The Morgan fingerprint density at radius 3 is 2.94 bits per heavy atom. The molecular weight excluding hydrogens is 242 g/mol. The number of thiophene rings is 1. The molecule has 0 saturated carbocycles. The third-order valence-corrected chi connectivity index (χ3v) is 4.26. The highest BCUT2D eigenvalue weighted by molar-refractivity contribution is 7.18. The van der Waals surface area contributed by atoms with Crippen LogP contribution in [0.2, 0.25) is 0 Å². The number of alkyl halides is 1. The van der Waals surface area contributed by atoms with Crippen molar-refractivity contribution in [1.82, 2.24) is 9.97 Å². The van der Waals surface area contributed by atoms with E-state index in [9.17, 15) is 0 Å². The molecule has 0 spiro atoms. The molecule has 0 radical (unpaired) electrons. The minimum absolute atomic E-state index is 0.266. The predicted octanol–water partition coefficient (Wildman–Crippen LogP) is 3.06. The van der Waals surface area contributed by atoms with Crippen LogP contribution in [0, 0.1) is 6.92 Å². The molecule has 2 heterocycles. The number of nitrogens with zero attached hydrogens (tertiary/aromatic N) is 3. The topological polar surface area (TPSA) is 29.0 Å². The Morgan fingerprint density at radius 2 is 2.25 bits per heavy atom. The van der Waals surface area contributed by atoms with Crippen molar-refractivity contribution in [3.05, 3.63) is 17.3 Å². The largest absolute Gasteiger partial charge is 0.354 e. The van der Waals surface area contributed by atoms with Crippen LogP contribution >= 0.6 is 22.9 Å². The van der Waals surface area contributed by atoms with E-state index >= 15 is 0 Å². The van der Waals surface area contributed by atoms with Gasteiger partial charge in [0.05, 0.1) is 10.2 Å². The quantitative estimate of drug-likeness (QED) is 0.790. The van der Waals surface area contributed by atoms with E-state index in [1.54, 1.807) is 17.7 Å². The first-order valence-corrected chi connectivity index (χ1v) is 6.54.